The minimum atomic E-state index is -0.881. The van der Waals surface area contributed by atoms with Crippen LogP contribution in [0.2, 0.25) is 0 Å². The number of benzene rings is 1. The van der Waals surface area contributed by atoms with Gasteiger partial charge in [0.15, 0.2) is 0 Å². The molecule has 90 valence electrons. The van der Waals surface area contributed by atoms with Crippen molar-refractivity contribution >= 4 is 11.7 Å². The van der Waals surface area contributed by atoms with Crippen LogP contribution in [0.15, 0.2) is 35.9 Å². The normalized spacial score (nSPS) is 14.5. The van der Waals surface area contributed by atoms with E-state index in [1.807, 2.05) is 12.1 Å². The highest BCUT2D eigenvalue weighted by Gasteiger charge is 2.09. The lowest BCUT2D eigenvalue weighted by Crippen LogP contribution is -2.07. The molecule has 0 unspecified atom stereocenters. The third-order valence-corrected chi connectivity index (χ3v) is 3.05. The first-order chi connectivity index (χ1) is 8.27. The van der Waals surface area contributed by atoms with E-state index in [1.54, 1.807) is 12.1 Å². The predicted molar refractivity (Wildman–Crippen MR) is 68.4 cm³/mol. The van der Waals surface area contributed by atoms with E-state index in [2.05, 4.69) is 11.4 Å². The minimum Gasteiger partial charge on any atom is -0.478 e. The van der Waals surface area contributed by atoms with E-state index in [1.165, 1.54) is 24.8 Å². The number of carboxylic acids is 1. The number of rotatable bonds is 5. The van der Waals surface area contributed by atoms with Gasteiger partial charge < -0.3 is 10.4 Å². The number of para-hydroxylation sites is 1. The van der Waals surface area contributed by atoms with Gasteiger partial charge in [-0.25, -0.2) is 4.79 Å². The molecule has 0 aromatic heterocycles. The van der Waals surface area contributed by atoms with Gasteiger partial charge in [0.25, 0.3) is 0 Å². The molecule has 0 heterocycles. The summed E-state index contributed by atoms with van der Waals surface area (Å²) in [6.07, 6.45) is 6.96. The predicted octanol–water partition coefficient (Wildman–Crippen LogP) is 3.30. The molecule has 0 aliphatic heterocycles. The number of carbonyl (C=O) groups is 1. The van der Waals surface area contributed by atoms with E-state index in [0.29, 0.717) is 11.3 Å². The Hall–Kier alpha value is -1.77. The lowest BCUT2D eigenvalue weighted by atomic mass is 10.1. The number of allylic oxidation sites excluding steroid dienone is 1. The van der Waals surface area contributed by atoms with Crippen LogP contribution in [0.25, 0.3) is 0 Å². The van der Waals surface area contributed by atoms with E-state index in [9.17, 15) is 4.79 Å². The van der Waals surface area contributed by atoms with Crippen molar-refractivity contribution in [3.63, 3.8) is 0 Å². The third kappa shape index (κ3) is 3.09. The van der Waals surface area contributed by atoms with Crippen molar-refractivity contribution in [2.24, 2.45) is 0 Å². The monoisotopic (exact) mass is 231 g/mol. The van der Waals surface area contributed by atoms with Crippen LogP contribution < -0.4 is 5.32 Å². The van der Waals surface area contributed by atoms with Gasteiger partial charge >= 0.3 is 5.97 Å². The molecule has 2 N–H and O–H groups in total. The zero-order chi connectivity index (χ0) is 12.1. The number of aromatic carboxylic acids is 1. The summed E-state index contributed by atoms with van der Waals surface area (Å²) in [7, 11) is 0. The quantitative estimate of drug-likeness (QED) is 0.764. The second-order valence-corrected chi connectivity index (χ2v) is 4.28. The first-order valence-corrected chi connectivity index (χ1v) is 6.01. The molecule has 0 bridgehead atoms. The summed E-state index contributed by atoms with van der Waals surface area (Å²) < 4.78 is 0. The van der Waals surface area contributed by atoms with Crippen molar-refractivity contribution in [1.29, 1.82) is 0 Å². The Kier molecular flexibility index (Phi) is 3.81. The van der Waals surface area contributed by atoms with E-state index in [4.69, 9.17) is 5.11 Å². The maximum atomic E-state index is 11.0. The SMILES string of the molecule is O=C(O)c1ccccc1NCCC1=CCCC1. The van der Waals surface area contributed by atoms with Crippen LogP contribution in [-0.4, -0.2) is 17.6 Å². The van der Waals surface area contributed by atoms with Crippen LogP contribution in [0, 0.1) is 0 Å². The van der Waals surface area contributed by atoms with Gasteiger partial charge in [0.1, 0.15) is 0 Å². The molecule has 1 aliphatic carbocycles. The highest BCUT2D eigenvalue weighted by molar-refractivity contribution is 5.94. The average molecular weight is 231 g/mol. The van der Waals surface area contributed by atoms with Gasteiger partial charge in [-0.1, -0.05) is 23.8 Å². The Bertz CT molecular complexity index is 438. The largest absolute Gasteiger partial charge is 0.478 e. The van der Waals surface area contributed by atoms with Crippen molar-refractivity contribution in [2.45, 2.75) is 25.7 Å². The van der Waals surface area contributed by atoms with Crippen LogP contribution in [0.4, 0.5) is 5.69 Å². The maximum Gasteiger partial charge on any atom is 0.337 e. The van der Waals surface area contributed by atoms with Crippen LogP contribution in [0.3, 0.4) is 0 Å². The molecule has 1 aliphatic rings. The van der Waals surface area contributed by atoms with Gasteiger partial charge in [-0.3, -0.25) is 0 Å². The van der Waals surface area contributed by atoms with Gasteiger partial charge in [0.2, 0.25) is 0 Å². The lowest BCUT2D eigenvalue weighted by molar-refractivity contribution is 0.0698. The summed E-state index contributed by atoms with van der Waals surface area (Å²) >= 11 is 0. The summed E-state index contributed by atoms with van der Waals surface area (Å²) in [4.78, 5) is 11.0. The molecule has 3 heteroatoms. The third-order valence-electron chi connectivity index (χ3n) is 3.05. The van der Waals surface area contributed by atoms with Gasteiger partial charge in [0, 0.05) is 12.2 Å². The van der Waals surface area contributed by atoms with Crippen LogP contribution >= 0.6 is 0 Å². The van der Waals surface area contributed by atoms with E-state index >= 15 is 0 Å². The number of hydrogen-bond donors (Lipinski definition) is 2. The lowest BCUT2D eigenvalue weighted by Gasteiger charge is -2.09. The molecule has 17 heavy (non-hydrogen) atoms. The molecule has 1 aromatic carbocycles. The fraction of sp³-hybridized carbons (Fsp3) is 0.357. The summed E-state index contributed by atoms with van der Waals surface area (Å²) in [5.41, 5.74) is 2.54. The summed E-state index contributed by atoms with van der Waals surface area (Å²) in [6.45, 7) is 0.802. The van der Waals surface area contributed by atoms with E-state index < -0.39 is 5.97 Å². The molecule has 0 saturated carbocycles. The number of anilines is 1. The topological polar surface area (TPSA) is 49.3 Å². The van der Waals surface area contributed by atoms with Gasteiger partial charge in [-0.15, -0.1) is 0 Å². The van der Waals surface area contributed by atoms with Crippen molar-refractivity contribution in [2.75, 3.05) is 11.9 Å². The Labute approximate surface area is 101 Å². The fourth-order valence-corrected chi connectivity index (χ4v) is 2.15. The van der Waals surface area contributed by atoms with Crippen LogP contribution in [0.1, 0.15) is 36.0 Å². The Morgan fingerprint density at radius 1 is 1.35 bits per heavy atom. The molecular weight excluding hydrogens is 214 g/mol. The number of hydrogen-bond acceptors (Lipinski definition) is 2. The van der Waals surface area contributed by atoms with Crippen molar-refractivity contribution in [3.05, 3.63) is 41.5 Å². The number of nitrogens with one attached hydrogen (secondary N) is 1. The summed E-state index contributed by atoms with van der Waals surface area (Å²) in [5.74, 6) is -0.881. The molecule has 0 radical (unpaired) electrons. The van der Waals surface area contributed by atoms with Crippen LogP contribution in [-0.2, 0) is 0 Å². The molecule has 1 aromatic rings. The smallest absolute Gasteiger partial charge is 0.337 e. The maximum absolute atomic E-state index is 11.0. The molecule has 0 amide bonds. The summed E-state index contributed by atoms with van der Waals surface area (Å²) in [5, 5.41) is 12.2. The standard InChI is InChI=1S/C14H17NO2/c16-14(17)12-7-3-4-8-13(12)15-10-9-11-5-1-2-6-11/h3-5,7-8,15H,1-2,6,9-10H2,(H,16,17). The Balaban J connectivity index is 1.92. The zero-order valence-electron chi connectivity index (χ0n) is 9.78. The molecule has 0 spiro atoms. The van der Waals surface area contributed by atoms with E-state index in [0.717, 1.165) is 13.0 Å². The highest BCUT2D eigenvalue weighted by Crippen LogP contribution is 2.21. The highest BCUT2D eigenvalue weighted by atomic mass is 16.4. The fourth-order valence-electron chi connectivity index (χ4n) is 2.15. The van der Waals surface area contributed by atoms with Crippen molar-refractivity contribution in [3.8, 4) is 0 Å². The molecule has 0 saturated heterocycles. The van der Waals surface area contributed by atoms with Gasteiger partial charge in [-0.05, 0) is 37.8 Å². The van der Waals surface area contributed by atoms with Crippen molar-refractivity contribution in [1.82, 2.24) is 0 Å². The molecule has 2 rings (SSSR count). The Morgan fingerprint density at radius 2 is 2.18 bits per heavy atom. The Morgan fingerprint density at radius 3 is 2.88 bits per heavy atom. The second kappa shape index (κ2) is 5.53. The zero-order valence-corrected chi connectivity index (χ0v) is 9.78. The molecular formula is C14H17NO2. The molecule has 3 nitrogen and oxygen atoms in total. The van der Waals surface area contributed by atoms with Crippen molar-refractivity contribution < 1.29 is 9.90 Å². The van der Waals surface area contributed by atoms with E-state index in [-0.39, 0.29) is 0 Å². The number of carboxylic acid groups (broad SMARTS) is 1. The first kappa shape index (κ1) is 11.7. The average Bonchev–Trinajstić information content (AvgIpc) is 2.82. The minimum absolute atomic E-state index is 0.341. The first-order valence-electron chi connectivity index (χ1n) is 6.01. The van der Waals surface area contributed by atoms with Crippen LogP contribution in [0.5, 0.6) is 0 Å². The van der Waals surface area contributed by atoms with Gasteiger partial charge in [0.05, 0.1) is 5.56 Å². The molecule has 0 atom stereocenters. The molecule has 0 fully saturated rings. The van der Waals surface area contributed by atoms with Gasteiger partial charge in [-0.2, -0.15) is 0 Å². The second-order valence-electron chi connectivity index (χ2n) is 4.28. The summed E-state index contributed by atoms with van der Waals surface area (Å²) in [6, 6.07) is 7.03.